The van der Waals surface area contributed by atoms with Gasteiger partial charge in [-0.25, -0.2) is 0 Å². The SMILES string of the molecule is CC(N)c1ccc(-c2ccccc2)n(C)c1=O. The molecule has 88 valence electrons. The summed E-state index contributed by atoms with van der Waals surface area (Å²) < 4.78 is 1.65. The molecule has 0 fully saturated rings. The Balaban J connectivity index is 2.60. The number of rotatable bonds is 2. The van der Waals surface area contributed by atoms with Gasteiger partial charge >= 0.3 is 0 Å². The first-order chi connectivity index (χ1) is 8.11. The third-order valence-corrected chi connectivity index (χ3v) is 2.89. The standard InChI is InChI=1S/C14H16N2O/c1-10(15)12-8-9-13(16(2)14(12)17)11-6-4-3-5-7-11/h3-10H,15H2,1-2H3. The van der Waals surface area contributed by atoms with E-state index in [1.54, 1.807) is 11.6 Å². The van der Waals surface area contributed by atoms with Crippen LogP contribution in [0.4, 0.5) is 0 Å². The molecule has 0 aliphatic carbocycles. The average molecular weight is 228 g/mol. The normalized spacial score (nSPS) is 12.4. The Morgan fingerprint density at radius 1 is 1.12 bits per heavy atom. The summed E-state index contributed by atoms with van der Waals surface area (Å²) in [5.74, 6) is 0. The summed E-state index contributed by atoms with van der Waals surface area (Å²) in [5.41, 5.74) is 8.31. The van der Waals surface area contributed by atoms with Gasteiger partial charge in [0.2, 0.25) is 0 Å². The second kappa shape index (κ2) is 4.55. The Morgan fingerprint density at radius 3 is 2.35 bits per heavy atom. The van der Waals surface area contributed by atoms with Crippen molar-refractivity contribution in [2.45, 2.75) is 13.0 Å². The van der Waals surface area contributed by atoms with E-state index < -0.39 is 0 Å². The summed E-state index contributed by atoms with van der Waals surface area (Å²) in [6, 6.07) is 13.4. The summed E-state index contributed by atoms with van der Waals surface area (Å²) in [6.07, 6.45) is 0. The molecule has 2 N–H and O–H groups in total. The van der Waals surface area contributed by atoms with Crippen molar-refractivity contribution in [1.82, 2.24) is 4.57 Å². The molecule has 1 aromatic heterocycles. The Kier molecular flexibility index (Phi) is 3.11. The van der Waals surface area contributed by atoms with Crippen LogP contribution in [0.1, 0.15) is 18.5 Å². The molecule has 1 unspecified atom stereocenters. The molecule has 0 radical (unpaired) electrons. The van der Waals surface area contributed by atoms with Crippen molar-refractivity contribution in [2.24, 2.45) is 12.8 Å². The highest BCUT2D eigenvalue weighted by atomic mass is 16.1. The van der Waals surface area contributed by atoms with Crippen molar-refractivity contribution in [2.75, 3.05) is 0 Å². The maximum atomic E-state index is 12.1. The van der Waals surface area contributed by atoms with E-state index in [-0.39, 0.29) is 11.6 Å². The number of benzene rings is 1. The van der Waals surface area contributed by atoms with Crippen LogP contribution < -0.4 is 11.3 Å². The number of aromatic nitrogens is 1. The molecule has 1 atom stereocenters. The van der Waals surface area contributed by atoms with Crippen molar-refractivity contribution in [3.8, 4) is 11.3 Å². The summed E-state index contributed by atoms with van der Waals surface area (Å²) in [6.45, 7) is 1.82. The summed E-state index contributed by atoms with van der Waals surface area (Å²) in [5, 5.41) is 0. The average Bonchev–Trinajstić information content (AvgIpc) is 2.33. The van der Waals surface area contributed by atoms with Crippen LogP contribution in [0.5, 0.6) is 0 Å². The van der Waals surface area contributed by atoms with E-state index in [1.807, 2.05) is 49.4 Å². The molecule has 0 aliphatic heterocycles. The van der Waals surface area contributed by atoms with Gasteiger partial charge in [0.05, 0.1) is 5.69 Å². The number of nitrogens with zero attached hydrogens (tertiary/aromatic N) is 1. The van der Waals surface area contributed by atoms with E-state index in [4.69, 9.17) is 5.73 Å². The molecular weight excluding hydrogens is 212 g/mol. The Bertz CT molecular complexity index is 571. The van der Waals surface area contributed by atoms with Crippen molar-refractivity contribution < 1.29 is 0 Å². The van der Waals surface area contributed by atoms with Gasteiger partial charge in [0.25, 0.3) is 5.56 Å². The minimum Gasteiger partial charge on any atom is -0.324 e. The maximum Gasteiger partial charge on any atom is 0.255 e. The van der Waals surface area contributed by atoms with Gasteiger partial charge in [0.15, 0.2) is 0 Å². The summed E-state index contributed by atoms with van der Waals surface area (Å²) >= 11 is 0. The molecule has 0 saturated heterocycles. The minimum atomic E-state index is -0.237. The molecule has 3 heteroatoms. The van der Waals surface area contributed by atoms with Gasteiger partial charge in [-0.2, -0.15) is 0 Å². The van der Waals surface area contributed by atoms with Crippen molar-refractivity contribution in [3.05, 3.63) is 58.4 Å². The predicted molar refractivity (Wildman–Crippen MR) is 69.7 cm³/mol. The fourth-order valence-electron chi connectivity index (χ4n) is 1.90. The van der Waals surface area contributed by atoms with Crippen LogP contribution in [0, 0.1) is 0 Å². The Labute approximate surface area is 101 Å². The van der Waals surface area contributed by atoms with Gasteiger partial charge in [-0.3, -0.25) is 4.79 Å². The molecule has 1 heterocycles. The Hall–Kier alpha value is -1.87. The quantitative estimate of drug-likeness (QED) is 0.855. The van der Waals surface area contributed by atoms with Gasteiger partial charge in [-0.1, -0.05) is 30.3 Å². The van der Waals surface area contributed by atoms with Crippen LogP contribution in [-0.2, 0) is 7.05 Å². The van der Waals surface area contributed by atoms with E-state index in [0.717, 1.165) is 11.3 Å². The fourth-order valence-corrected chi connectivity index (χ4v) is 1.90. The molecular formula is C14H16N2O. The van der Waals surface area contributed by atoms with Crippen molar-refractivity contribution >= 4 is 0 Å². The first-order valence-corrected chi connectivity index (χ1v) is 5.62. The predicted octanol–water partition coefficient (Wildman–Crippen LogP) is 2.07. The van der Waals surface area contributed by atoms with Crippen molar-refractivity contribution in [3.63, 3.8) is 0 Å². The molecule has 0 bridgehead atoms. The van der Waals surface area contributed by atoms with Gasteiger partial charge in [0.1, 0.15) is 0 Å². The van der Waals surface area contributed by atoms with E-state index in [9.17, 15) is 4.79 Å². The molecule has 1 aromatic carbocycles. The van der Waals surface area contributed by atoms with Crippen LogP contribution >= 0.6 is 0 Å². The molecule has 2 rings (SSSR count). The van der Waals surface area contributed by atoms with E-state index in [0.29, 0.717) is 5.56 Å². The first-order valence-electron chi connectivity index (χ1n) is 5.62. The zero-order valence-electron chi connectivity index (χ0n) is 10.1. The topological polar surface area (TPSA) is 48.0 Å². The second-order valence-electron chi connectivity index (χ2n) is 4.19. The first kappa shape index (κ1) is 11.6. The van der Waals surface area contributed by atoms with Crippen LogP contribution in [0.3, 0.4) is 0 Å². The minimum absolute atomic E-state index is 0.0265. The van der Waals surface area contributed by atoms with Gasteiger partial charge in [0, 0.05) is 18.7 Å². The maximum absolute atomic E-state index is 12.1. The van der Waals surface area contributed by atoms with Crippen molar-refractivity contribution in [1.29, 1.82) is 0 Å². The molecule has 0 amide bonds. The highest BCUT2D eigenvalue weighted by molar-refractivity contribution is 5.59. The largest absolute Gasteiger partial charge is 0.324 e. The molecule has 3 nitrogen and oxygen atoms in total. The monoisotopic (exact) mass is 228 g/mol. The van der Waals surface area contributed by atoms with E-state index in [1.165, 1.54) is 0 Å². The second-order valence-corrected chi connectivity index (χ2v) is 4.19. The molecule has 0 saturated carbocycles. The van der Waals surface area contributed by atoms with Crippen LogP contribution in [0.15, 0.2) is 47.3 Å². The van der Waals surface area contributed by atoms with Crippen LogP contribution in [-0.4, -0.2) is 4.57 Å². The van der Waals surface area contributed by atoms with Crippen LogP contribution in [0.2, 0.25) is 0 Å². The lowest BCUT2D eigenvalue weighted by Crippen LogP contribution is -2.26. The zero-order chi connectivity index (χ0) is 12.4. The lowest BCUT2D eigenvalue weighted by Gasteiger charge is -2.12. The third-order valence-electron chi connectivity index (χ3n) is 2.89. The molecule has 0 spiro atoms. The molecule has 2 aromatic rings. The smallest absolute Gasteiger partial charge is 0.255 e. The number of nitrogens with two attached hydrogens (primary N) is 1. The number of hydrogen-bond donors (Lipinski definition) is 1. The fraction of sp³-hybridized carbons (Fsp3) is 0.214. The Morgan fingerprint density at radius 2 is 1.76 bits per heavy atom. The molecule has 0 aliphatic rings. The summed E-state index contributed by atoms with van der Waals surface area (Å²) in [7, 11) is 1.77. The van der Waals surface area contributed by atoms with Crippen LogP contribution in [0.25, 0.3) is 11.3 Å². The van der Waals surface area contributed by atoms with Gasteiger partial charge in [-0.15, -0.1) is 0 Å². The van der Waals surface area contributed by atoms with E-state index >= 15 is 0 Å². The third kappa shape index (κ3) is 2.15. The number of pyridine rings is 1. The van der Waals surface area contributed by atoms with Gasteiger partial charge in [-0.05, 0) is 24.6 Å². The van der Waals surface area contributed by atoms with Gasteiger partial charge < -0.3 is 10.3 Å². The molecule has 17 heavy (non-hydrogen) atoms. The summed E-state index contributed by atoms with van der Waals surface area (Å²) in [4.78, 5) is 12.1. The zero-order valence-corrected chi connectivity index (χ0v) is 10.1. The van der Waals surface area contributed by atoms with E-state index in [2.05, 4.69) is 0 Å². The highest BCUT2D eigenvalue weighted by Crippen LogP contribution is 2.17. The lowest BCUT2D eigenvalue weighted by atomic mass is 10.1. The lowest BCUT2D eigenvalue weighted by molar-refractivity contribution is 0.760. The highest BCUT2D eigenvalue weighted by Gasteiger charge is 2.09. The number of hydrogen-bond acceptors (Lipinski definition) is 2.